The largest absolute Gasteiger partial charge is 0.353 e. The Morgan fingerprint density at radius 1 is 1.17 bits per heavy atom. The summed E-state index contributed by atoms with van der Waals surface area (Å²) in [6.45, 7) is 4.64. The molecule has 0 atom stereocenters. The number of amides is 1. The minimum atomic E-state index is 0.216. The van der Waals surface area contributed by atoms with Crippen LogP contribution in [0.15, 0.2) is 36.0 Å². The highest BCUT2D eigenvalue weighted by molar-refractivity contribution is 5.78. The third-order valence-electron chi connectivity index (χ3n) is 4.89. The number of anilines is 1. The summed E-state index contributed by atoms with van der Waals surface area (Å²) >= 11 is 0. The van der Waals surface area contributed by atoms with E-state index in [4.69, 9.17) is 0 Å². The Kier molecular flexibility index (Phi) is 6.24. The fourth-order valence-corrected chi connectivity index (χ4v) is 3.41. The molecule has 2 heterocycles. The Labute approximate surface area is 144 Å². The lowest BCUT2D eigenvalue weighted by atomic mass is 9.97. The summed E-state index contributed by atoms with van der Waals surface area (Å²) in [6.07, 6.45) is 10.4. The molecule has 24 heavy (non-hydrogen) atoms. The zero-order valence-corrected chi connectivity index (χ0v) is 14.4. The van der Waals surface area contributed by atoms with Crippen LogP contribution in [0.2, 0.25) is 0 Å². The normalized spacial score (nSPS) is 18.4. The molecular weight excluding hydrogens is 300 g/mol. The third-order valence-corrected chi connectivity index (χ3v) is 4.89. The zero-order chi connectivity index (χ0) is 16.6. The second kappa shape index (κ2) is 8.83. The molecule has 1 aromatic heterocycles. The quantitative estimate of drug-likeness (QED) is 0.642. The van der Waals surface area contributed by atoms with Gasteiger partial charge in [0.15, 0.2) is 0 Å². The summed E-state index contributed by atoms with van der Waals surface area (Å²) in [5.74, 6) is 1.22. The third kappa shape index (κ3) is 4.81. The van der Waals surface area contributed by atoms with Crippen LogP contribution in [0.1, 0.15) is 32.1 Å². The molecule has 0 bridgehead atoms. The molecule has 1 saturated heterocycles. The SMILES string of the molecule is O=C(CNCCC1=CCCCC1)N1CCN(c2ccccn2)CC1. The van der Waals surface area contributed by atoms with E-state index in [-0.39, 0.29) is 5.91 Å². The van der Waals surface area contributed by atoms with Crippen molar-refractivity contribution in [2.75, 3.05) is 44.2 Å². The lowest BCUT2D eigenvalue weighted by Crippen LogP contribution is -2.51. The highest BCUT2D eigenvalue weighted by atomic mass is 16.2. The van der Waals surface area contributed by atoms with E-state index in [0.717, 1.165) is 45.0 Å². The summed E-state index contributed by atoms with van der Waals surface area (Å²) < 4.78 is 0. The van der Waals surface area contributed by atoms with Crippen LogP contribution in [0, 0.1) is 0 Å². The minimum Gasteiger partial charge on any atom is -0.353 e. The summed E-state index contributed by atoms with van der Waals surface area (Å²) in [4.78, 5) is 20.9. The molecular formula is C19H28N4O. The van der Waals surface area contributed by atoms with Crippen molar-refractivity contribution in [1.82, 2.24) is 15.2 Å². The number of nitrogens with one attached hydrogen (secondary N) is 1. The molecule has 0 aromatic carbocycles. The number of carbonyl (C=O) groups is 1. The smallest absolute Gasteiger partial charge is 0.236 e. The molecule has 130 valence electrons. The van der Waals surface area contributed by atoms with Gasteiger partial charge in [0, 0.05) is 32.4 Å². The van der Waals surface area contributed by atoms with Crippen LogP contribution in [-0.2, 0) is 4.79 Å². The number of hydrogen-bond acceptors (Lipinski definition) is 4. The first kappa shape index (κ1) is 17.0. The molecule has 3 rings (SSSR count). The van der Waals surface area contributed by atoms with Gasteiger partial charge in [-0.2, -0.15) is 0 Å². The minimum absolute atomic E-state index is 0.216. The van der Waals surface area contributed by atoms with Gasteiger partial charge in [-0.1, -0.05) is 17.7 Å². The summed E-state index contributed by atoms with van der Waals surface area (Å²) in [5.41, 5.74) is 1.56. The van der Waals surface area contributed by atoms with Crippen LogP contribution in [0.4, 0.5) is 5.82 Å². The van der Waals surface area contributed by atoms with Crippen LogP contribution >= 0.6 is 0 Å². The molecule has 2 aliphatic rings. The van der Waals surface area contributed by atoms with Crippen LogP contribution in [0.5, 0.6) is 0 Å². The fourth-order valence-electron chi connectivity index (χ4n) is 3.41. The zero-order valence-electron chi connectivity index (χ0n) is 14.4. The van der Waals surface area contributed by atoms with Gasteiger partial charge in [-0.05, 0) is 50.8 Å². The van der Waals surface area contributed by atoms with Crippen LogP contribution in [-0.4, -0.2) is 55.1 Å². The van der Waals surface area contributed by atoms with E-state index in [9.17, 15) is 4.79 Å². The number of hydrogen-bond donors (Lipinski definition) is 1. The van der Waals surface area contributed by atoms with Crippen LogP contribution in [0.3, 0.4) is 0 Å². The van der Waals surface area contributed by atoms with Crippen molar-refractivity contribution < 1.29 is 4.79 Å². The summed E-state index contributed by atoms with van der Waals surface area (Å²) in [7, 11) is 0. The van der Waals surface area contributed by atoms with Gasteiger partial charge >= 0.3 is 0 Å². The summed E-state index contributed by atoms with van der Waals surface area (Å²) in [6, 6.07) is 5.96. The maximum absolute atomic E-state index is 12.3. The van der Waals surface area contributed by atoms with E-state index in [2.05, 4.69) is 21.3 Å². The first-order valence-electron chi connectivity index (χ1n) is 9.15. The Balaban J connectivity index is 1.34. The van der Waals surface area contributed by atoms with Gasteiger partial charge in [-0.3, -0.25) is 4.79 Å². The first-order valence-corrected chi connectivity index (χ1v) is 9.15. The van der Waals surface area contributed by atoms with E-state index in [0.29, 0.717) is 6.54 Å². The molecule has 0 saturated carbocycles. The average Bonchev–Trinajstić information content (AvgIpc) is 2.67. The van der Waals surface area contributed by atoms with Crippen LogP contribution in [0.25, 0.3) is 0 Å². The van der Waals surface area contributed by atoms with E-state index >= 15 is 0 Å². The van der Waals surface area contributed by atoms with Crippen molar-refractivity contribution in [1.29, 1.82) is 0 Å². The van der Waals surface area contributed by atoms with Crippen molar-refractivity contribution in [3.8, 4) is 0 Å². The Hall–Kier alpha value is -1.88. The maximum atomic E-state index is 12.3. The number of carbonyl (C=O) groups excluding carboxylic acids is 1. The topological polar surface area (TPSA) is 48.5 Å². The molecule has 1 fully saturated rings. The maximum Gasteiger partial charge on any atom is 0.236 e. The average molecular weight is 328 g/mol. The van der Waals surface area contributed by atoms with E-state index in [1.54, 1.807) is 5.57 Å². The monoisotopic (exact) mass is 328 g/mol. The molecule has 1 aliphatic carbocycles. The molecule has 1 aromatic rings. The van der Waals surface area contributed by atoms with Gasteiger partial charge in [0.2, 0.25) is 5.91 Å². The number of aromatic nitrogens is 1. The fraction of sp³-hybridized carbons (Fsp3) is 0.579. The molecule has 1 N–H and O–H groups in total. The molecule has 5 nitrogen and oxygen atoms in total. The molecule has 5 heteroatoms. The predicted octanol–water partition coefficient (Wildman–Crippen LogP) is 2.21. The Morgan fingerprint density at radius 2 is 2.04 bits per heavy atom. The van der Waals surface area contributed by atoms with Crippen molar-refractivity contribution in [3.63, 3.8) is 0 Å². The van der Waals surface area contributed by atoms with E-state index in [1.165, 1.54) is 25.7 Å². The Bertz CT molecular complexity index is 550. The molecule has 1 aliphatic heterocycles. The Morgan fingerprint density at radius 3 is 2.75 bits per heavy atom. The van der Waals surface area contributed by atoms with Gasteiger partial charge in [0.05, 0.1) is 6.54 Å². The second-order valence-electron chi connectivity index (χ2n) is 6.59. The number of pyridine rings is 1. The lowest BCUT2D eigenvalue weighted by molar-refractivity contribution is -0.130. The number of allylic oxidation sites excluding steroid dienone is 1. The highest BCUT2D eigenvalue weighted by Gasteiger charge is 2.21. The van der Waals surface area contributed by atoms with Gasteiger partial charge in [-0.25, -0.2) is 4.98 Å². The van der Waals surface area contributed by atoms with Gasteiger partial charge < -0.3 is 15.1 Å². The molecule has 0 unspecified atom stereocenters. The predicted molar refractivity (Wildman–Crippen MR) is 97.1 cm³/mol. The standard InChI is InChI=1S/C19H28N4O/c24-19(16-20-11-9-17-6-2-1-3-7-17)23-14-12-22(13-15-23)18-8-4-5-10-21-18/h4-6,8,10,20H,1-3,7,9,11-16H2. The van der Waals surface area contributed by atoms with Crippen molar-refractivity contribution >= 4 is 11.7 Å². The molecule has 0 radical (unpaired) electrons. The van der Waals surface area contributed by atoms with E-state index < -0.39 is 0 Å². The van der Waals surface area contributed by atoms with Gasteiger partial charge in [-0.15, -0.1) is 0 Å². The lowest BCUT2D eigenvalue weighted by Gasteiger charge is -2.35. The van der Waals surface area contributed by atoms with Crippen molar-refractivity contribution in [2.45, 2.75) is 32.1 Å². The number of nitrogens with zero attached hydrogens (tertiary/aromatic N) is 3. The van der Waals surface area contributed by atoms with Crippen molar-refractivity contribution in [2.24, 2.45) is 0 Å². The second-order valence-corrected chi connectivity index (χ2v) is 6.59. The molecule has 0 spiro atoms. The summed E-state index contributed by atoms with van der Waals surface area (Å²) in [5, 5.41) is 3.31. The molecule has 1 amide bonds. The van der Waals surface area contributed by atoms with Crippen molar-refractivity contribution in [3.05, 3.63) is 36.0 Å². The van der Waals surface area contributed by atoms with Gasteiger partial charge in [0.1, 0.15) is 5.82 Å². The first-order chi connectivity index (χ1) is 11.8. The highest BCUT2D eigenvalue weighted by Crippen LogP contribution is 2.19. The number of piperazine rings is 1. The van der Waals surface area contributed by atoms with Gasteiger partial charge in [0.25, 0.3) is 0 Å². The number of rotatable bonds is 6. The van der Waals surface area contributed by atoms with E-state index in [1.807, 2.05) is 29.3 Å². The van der Waals surface area contributed by atoms with Crippen LogP contribution < -0.4 is 10.2 Å².